The van der Waals surface area contributed by atoms with Gasteiger partial charge < -0.3 is 10.6 Å². The summed E-state index contributed by atoms with van der Waals surface area (Å²) in [5.41, 5.74) is 6.52. The van der Waals surface area contributed by atoms with Gasteiger partial charge in [0.25, 0.3) is 5.91 Å². The quantitative estimate of drug-likeness (QED) is 0.845. The molecule has 1 aromatic rings. The second kappa shape index (κ2) is 7.89. The van der Waals surface area contributed by atoms with Crippen LogP contribution in [0.4, 0.5) is 10.1 Å². The van der Waals surface area contributed by atoms with Crippen molar-refractivity contribution in [3.05, 3.63) is 30.1 Å². The molecule has 0 aromatic heterocycles. The average molecular weight is 386 g/mol. The summed E-state index contributed by atoms with van der Waals surface area (Å²) in [7, 11) is 0. The van der Waals surface area contributed by atoms with E-state index in [1.807, 2.05) is 0 Å². The molecule has 2 aliphatic carbocycles. The van der Waals surface area contributed by atoms with Gasteiger partial charge in [0.2, 0.25) is 5.91 Å². The van der Waals surface area contributed by atoms with Crippen LogP contribution in [0.15, 0.2) is 29.4 Å². The SMILES string of the molecule is NC(=O)C1CC(C(=O)N(C2CCCC2)C2CCCC2)=NN1c1ccc(F)cc1. The molecule has 2 fully saturated rings. The first-order chi connectivity index (χ1) is 13.5. The maximum absolute atomic E-state index is 13.5. The number of carbonyl (C=O) groups excluding carboxylic acids is 2. The Hall–Kier alpha value is -2.44. The number of hydrogen-bond donors (Lipinski definition) is 1. The molecule has 2 N–H and O–H groups in total. The second-order valence-corrected chi connectivity index (χ2v) is 8.08. The van der Waals surface area contributed by atoms with Crippen molar-refractivity contribution >= 4 is 23.2 Å². The Bertz CT molecular complexity index is 751. The van der Waals surface area contributed by atoms with Crippen LogP contribution in [-0.4, -0.2) is 40.6 Å². The molecular weight excluding hydrogens is 359 g/mol. The molecule has 6 nitrogen and oxygen atoms in total. The second-order valence-electron chi connectivity index (χ2n) is 8.08. The van der Waals surface area contributed by atoms with Crippen LogP contribution in [0.3, 0.4) is 0 Å². The first-order valence-electron chi connectivity index (χ1n) is 10.3. The van der Waals surface area contributed by atoms with Crippen LogP contribution in [0.5, 0.6) is 0 Å². The van der Waals surface area contributed by atoms with Gasteiger partial charge in [0.1, 0.15) is 17.6 Å². The standard InChI is InChI=1S/C21H27FN4O2/c22-14-9-11-17(12-10-14)26-19(20(23)27)13-18(24-26)21(28)25(15-5-1-2-6-15)16-7-3-4-8-16/h9-12,15-16,19H,1-8,13H2,(H2,23,27). The van der Waals surface area contributed by atoms with Crippen LogP contribution < -0.4 is 10.7 Å². The molecule has 1 unspecified atom stereocenters. The number of halogens is 1. The lowest BCUT2D eigenvalue weighted by atomic mass is 10.0. The number of amides is 2. The van der Waals surface area contributed by atoms with Crippen molar-refractivity contribution in [2.24, 2.45) is 10.8 Å². The lowest BCUT2D eigenvalue weighted by molar-refractivity contribution is -0.128. The van der Waals surface area contributed by atoms with E-state index in [-0.39, 0.29) is 30.2 Å². The van der Waals surface area contributed by atoms with Crippen LogP contribution in [0.1, 0.15) is 57.8 Å². The number of carbonyl (C=O) groups is 2. The molecule has 0 radical (unpaired) electrons. The maximum atomic E-state index is 13.5. The number of nitrogens with two attached hydrogens (primary N) is 1. The van der Waals surface area contributed by atoms with Crippen LogP contribution in [0, 0.1) is 5.82 Å². The lowest BCUT2D eigenvalue weighted by Crippen LogP contribution is -2.48. The van der Waals surface area contributed by atoms with Gasteiger partial charge >= 0.3 is 0 Å². The molecular formula is C21H27FN4O2. The summed E-state index contributed by atoms with van der Waals surface area (Å²) >= 11 is 0. The van der Waals surface area contributed by atoms with Gasteiger partial charge in [0.05, 0.1) is 5.69 Å². The number of hydrogen-bond acceptors (Lipinski definition) is 4. The Balaban J connectivity index is 1.61. The van der Waals surface area contributed by atoms with E-state index in [0.717, 1.165) is 51.4 Å². The Morgan fingerprint density at radius 1 is 1.00 bits per heavy atom. The van der Waals surface area contributed by atoms with Crippen molar-refractivity contribution in [2.45, 2.75) is 75.9 Å². The molecule has 2 amide bonds. The highest BCUT2D eigenvalue weighted by Crippen LogP contribution is 2.33. The van der Waals surface area contributed by atoms with Crippen molar-refractivity contribution in [2.75, 3.05) is 5.01 Å². The third kappa shape index (κ3) is 3.62. The van der Waals surface area contributed by atoms with Crippen LogP contribution >= 0.6 is 0 Å². The topological polar surface area (TPSA) is 79.0 Å². The number of nitrogens with zero attached hydrogens (tertiary/aromatic N) is 3. The fourth-order valence-electron chi connectivity index (χ4n) is 4.84. The molecule has 4 rings (SSSR count). The molecule has 1 heterocycles. The number of primary amides is 1. The third-order valence-electron chi connectivity index (χ3n) is 6.25. The Kier molecular flexibility index (Phi) is 5.33. The average Bonchev–Trinajstić information content (AvgIpc) is 3.44. The van der Waals surface area contributed by atoms with Crippen LogP contribution in [0.2, 0.25) is 0 Å². The normalized spacial score (nSPS) is 23.2. The predicted octanol–water partition coefficient (Wildman–Crippen LogP) is 2.96. The van der Waals surface area contributed by atoms with E-state index in [2.05, 4.69) is 10.0 Å². The highest BCUT2D eigenvalue weighted by atomic mass is 19.1. The van der Waals surface area contributed by atoms with E-state index in [1.54, 1.807) is 12.1 Å². The van der Waals surface area contributed by atoms with Gasteiger partial charge in [-0.15, -0.1) is 0 Å². The van der Waals surface area contributed by atoms with Crippen LogP contribution in [-0.2, 0) is 9.59 Å². The molecule has 0 bridgehead atoms. The Morgan fingerprint density at radius 3 is 2.04 bits per heavy atom. The zero-order valence-electron chi connectivity index (χ0n) is 16.0. The minimum Gasteiger partial charge on any atom is -0.368 e. The van der Waals surface area contributed by atoms with Gasteiger partial charge in [0, 0.05) is 18.5 Å². The summed E-state index contributed by atoms with van der Waals surface area (Å²) in [5, 5.41) is 5.96. The predicted molar refractivity (Wildman–Crippen MR) is 105 cm³/mol. The molecule has 150 valence electrons. The molecule has 1 aliphatic heterocycles. The highest BCUT2D eigenvalue weighted by molar-refractivity contribution is 6.40. The number of anilines is 1. The number of rotatable bonds is 5. The summed E-state index contributed by atoms with van der Waals surface area (Å²) in [4.78, 5) is 27.5. The van der Waals surface area contributed by atoms with E-state index < -0.39 is 11.9 Å². The van der Waals surface area contributed by atoms with E-state index in [9.17, 15) is 14.0 Å². The third-order valence-corrected chi connectivity index (χ3v) is 6.25. The van der Waals surface area contributed by atoms with E-state index in [1.165, 1.54) is 17.1 Å². The molecule has 0 saturated heterocycles. The van der Waals surface area contributed by atoms with Gasteiger partial charge in [0.15, 0.2) is 0 Å². The zero-order chi connectivity index (χ0) is 19.7. The Morgan fingerprint density at radius 2 is 1.54 bits per heavy atom. The molecule has 3 aliphatic rings. The van der Waals surface area contributed by atoms with Crippen molar-refractivity contribution < 1.29 is 14.0 Å². The smallest absolute Gasteiger partial charge is 0.270 e. The van der Waals surface area contributed by atoms with Gasteiger partial charge in [-0.05, 0) is 49.9 Å². The fraction of sp³-hybridized carbons (Fsp3) is 0.571. The summed E-state index contributed by atoms with van der Waals surface area (Å²) in [6.07, 6.45) is 8.96. The van der Waals surface area contributed by atoms with E-state index in [4.69, 9.17) is 5.73 Å². The molecule has 1 aromatic carbocycles. The first kappa shape index (κ1) is 18.9. The summed E-state index contributed by atoms with van der Waals surface area (Å²) in [6, 6.07) is 5.54. The largest absolute Gasteiger partial charge is 0.368 e. The first-order valence-corrected chi connectivity index (χ1v) is 10.3. The van der Waals surface area contributed by atoms with Crippen molar-refractivity contribution in [1.82, 2.24) is 4.90 Å². The van der Waals surface area contributed by atoms with Crippen LogP contribution in [0.25, 0.3) is 0 Å². The maximum Gasteiger partial charge on any atom is 0.270 e. The molecule has 0 spiro atoms. The van der Waals surface area contributed by atoms with E-state index >= 15 is 0 Å². The summed E-state index contributed by atoms with van der Waals surface area (Å²) in [6.45, 7) is 0. The monoisotopic (exact) mass is 386 g/mol. The highest BCUT2D eigenvalue weighted by Gasteiger charge is 2.41. The summed E-state index contributed by atoms with van der Waals surface area (Å²) in [5.74, 6) is -0.966. The molecule has 7 heteroatoms. The van der Waals surface area contributed by atoms with Crippen molar-refractivity contribution in [3.8, 4) is 0 Å². The van der Waals surface area contributed by atoms with Gasteiger partial charge in [-0.25, -0.2) is 4.39 Å². The molecule has 2 saturated carbocycles. The lowest BCUT2D eigenvalue weighted by Gasteiger charge is -2.34. The number of benzene rings is 1. The minimum absolute atomic E-state index is 0.0605. The Labute approximate surface area is 164 Å². The molecule has 1 atom stereocenters. The van der Waals surface area contributed by atoms with Crippen molar-refractivity contribution in [1.29, 1.82) is 0 Å². The van der Waals surface area contributed by atoms with E-state index in [0.29, 0.717) is 11.4 Å². The summed E-state index contributed by atoms with van der Waals surface area (Å²) < 4.78 is 13.3. The van der Waals surface area contributed by atoms with Gasteiger partial charge in [-0.2, -0.15) is 5.10 Å². The molecule has 28 heavy (non-hydrogen) atoms. The fourth-order valence-corrected chi connectivity index (χ4v) is 4.84. The van der Waals surface area contributed by atoms with Gasteiger partial charge in [-0.3, -0.25) is 14.6 Å². The van der Waals surface area contributed by atoms with Crippen molar-refractivity contribution in [3.63, 3.8) is 0 Å². The minimum atomic E-state index is -0.724. The zero-order valence-corrected chi connectivity index (χ0v) is 16.0. The number of hydrazone groups is 1. The van der Waals surface area contributed by atoms with Gasteiger partial charge in [-0.1, -0.05) is 25.7 Å².